The van der Waals surface area contributed by atoms with Crippen molar-refractivity contribution in [2.24, 2.45) is 11.8 Å². The van der Waals surface area contributed by atoms with E-state index in [0.29, 0.717) is 11.8 Å². The molecule has 3 unspecified atom stereocenters. The molecule has 0 aromatic rings. The van der Waals surface area contributed by atoms with Gasteiger partial charge in [0.15, 0.2) is 0 Å². The Morgan fingerprint density at radius 3 is 2.85 bits per heavy atom. The van der Waals surface area contributed by atoms with Gasteiger partial charge in [-0.25, -0.2) is 0 Å². The minimum atomic E-state index is 0.116. The molecule has 3 atom stereocenters. The van der Waals surface area contributed by atoms with Crippen molar-refractivity contribution in [3.8, 4) is 0 Å². The van der Waals surface area contributed by atoms with Crippen molar-refractivity contribution in [1.82, 2.24) is 10.6 Å². The summed E-state index contributed by atoms with van der Waals surface area (Å²) in [4.78, 5) is 0. The lowest BCUT2D eigenvalue weighted by molar-refractivity contribution is 0.146. The minimum absolute atomic E-state index is 0.116. The summed E-state index contributed by atoms with van der Waals surface area (Å²) in [6, 6.07) is 0. The third kappa shape index (κ3) is 2.07. The van der Waals surface area contributed by atoms with Crippen molar-refractivity contribution in [2.45, 2.75) is 45.6 Å². The second kappa shape index (κ2) is 4.92. The van der Waals surface area contributed by atoms with Gasteiger partial charge in [0.2, 0.25) is 0 Å². The Hall–Kier alpha value is -1.28. The fourth-order valence-corrected chi connectivity index (χ4v) is 4.51. The zero-order valence-electron chi connectivity index (χ0n) is 12.9. The van der Waals surface area contributed by atoms with Crippen LogP contribution < -0.4 is 10.6 Å². The molecule has 0 bridgehead atoms. The van der Waals surface area contributed by atoms with E-state index in [0.717, 1.165) is 18.7 Å². The number of allylic oxidation sites excluding steroid dienone is 3. The monoisotopic (exact) mass is 270 g/mol. The van der Waals surface area contributed by atoms with E-state index in [-0.39, 0.29) is 5.54 Å². The fraction of sp³-hybridized carbons (Fsp3) is 0.556. The lowest BCUT2D eigenvalue weighted by Crippen LogP contribution is -2.59. The molecule has 0 radical (unpaired) electrons. The summed E-state index contributed by atoms with van der Waals surface area (Å²) in [5.74, 6) is 1.35. The summed E-state index contributed by atoms with van der Waals surface area (Å²) in [7, 11) is 0. The summed E-state index contributed by atoms with van der Waals surface area (Å²) in [6.45, 7) is 12.0. The van der Waals surface area contributed by atoms with E-state index in [1.54, 1.807) is 0 Å². The molecule has 20 heavy (non-hydrogen) atoms. The van der Waals surface area contributed by atoms with Crippen LogP contribution >= 0.6 is 0 Å². The van der Waals surface area contributed by atoms with E-state index in [9.17, 15) is 0 Å². The summed E-state index contributed by atoms with van der Waals surface area (Å²) >= 11 is 0. The smallest absolute Gasteiger partial charge is 0.0523 e. The molecule has 1 fully saturated rings. The summed E-state index contributed by atoms with van der Waals surface area (Å²) < 4.78 is 0. The molecule has 3 rings (SSSR count). The first-order valence-corrected chi connectivity index (χ1v) is 7.80. The molecule has 108 valence electrons. The van der Waals surface area contributed by atoms with E-state index in [4.69, 9.17) is 0 Å². The van der Waals surface area contributed by atoms with Crippen LogP contribution in [-0.4, -0.2) is 12.1 Å². The maximum absolute atomic E-state index is 4.01. The SMILES string of the molecule is C=C1C=CC(C23CC(C)=CC(C)C2CCCN3)=C(C)N1. The Labute approximate surface area is 122 Å². The second-order valence-electron chi connectivity index (χ2n) is 6.72. The summed E-state index contributed by atoms with van der Waals surface area (Å²) in [6.07, 6.45) is 10.6. The van der Waals surface area contributed by atoms with Crippen LogP contribution in [0, 0.1) is 11.8 Å². The maximum atomic E-state index is 4.01. The standard InChI is InChI=1S/C18H26N2/c1-12-10-13(2)16-6-5-9-19-18(16,11-12)17-8-7-14(3)20-15(17)4/h7-8,10,13,16,19-20H,3,5-6,9,11H2,1-2,4H3. The van der Waals surface area contributed by atoms with E-state index < -0.39 is 0 Å². The van der Waals surface area contributed by atoms with Gasteiger partial charge < -0.3 is 10.6 Å². The van der Waals surface area contributed by atoms with Gasteiger partial charge in [0.25, 0.3) is 0 Å². The van der Waals surface area contributed by atoms with Crippen molar-refractivity contribution < 1.29 is 0 Å². The Bertz CT molecular complexity index is 524. The minimum Gasteiger partial charge on any atom is -0.359 e. The first-order chi connectivity index (χ1) is 9.53. The maximum Gasteiger partial charge on any atom is 0.0523 e. The summed E-state index contributed by atoms with van der Waals surface area (Å²) in [5.41, 5.74) is 5.32. The average Bonchev–Trinajstić information content (AvgIpc) is 2.37. The highest BCUT2D eigenvalue weighted by Gasteiger charge is 2.47. The molecular formula is C18H26N2. The zero-order valence-corrected chi connectivity index (χ0v) is 12.9. The van der Waals surface area contributed by atoms with Crippen LogP contribution in [0.3, 0.4) is 0 Å². The molecule has 2 heteroatoms. The molecule has 0 aromatic heterocycles. The van der Waals surface area contributed by atoms with E-state index in [2.05, 4.69) is 56.2 Å². The van der Waals surface area contributed by atoms with Crippen molar-refractivity contribution in [1.29, 1.82) is 0 Å². The Balaban J connectivity index is 2.07. The van der Waals surface area contributed by atoms with Crippen LogP contribution in [0.4, 0.5) is 0 Å². The topological polar surface area (TPSA) is 24.1 Å². The molecule has 2 aliphatic heterocycles. The molecule has 1 saturated heterocycles. The van der Waals surface area contributed by atoms with Crippen LogP contribution in [0.1, 0.15) is 40.0 Å². The van der Waals surface area contributed by atoms with Crippen molar-refractivity contribution >= 4 is 0 Å². The fourth-order valence-electron chi connectivity index (χ4n) is 4.51. The molecular weight excluding hydrogens is 244 g/mol. The van der Waals surface area contributed by atoms with Gasteiger partial charge in [0.05, 0.1) is 5.54 Å². The van der Waals surface area contributed by atoms with Gasteiger partial charge in [0.1, 0.15) is 0 Å². The van der Waals surface area contributed by atoms with Crippen molar-refractivity contribution in [3.05, 3.63) is 47.3 Å². The van der Waals surface area contributed by atoms with Crippen molar-refractivity contribution in [2.75, 3.05) is 6.54 Å². The number of hydrogen-bond acceptors (Lipinski definition) is 2. The molecule has 3 aliphatic rings. The third-order valence-electron chi connectivity index (χ3n) is 5.19. The predicted molar refractivity (Wildman–Crippen MR) is 85.1 cm³/mol. The Morgan fingerprint density at radius 1 is 1.30 bits per heavy atom. The highest BCUT2D eigenvalue weighted by atomic mass is 15.0. The van der Waals surface area contributed by atoms with E-state index in [1.807, 2.05) is 0 Å². The van der Waals surface area contributed by atoms with E-state index in [1.165, 1.54) is 29.7 Å². The average molecular weight is 270 g/mol. The van der Waals surface area contributed by atoms with Crippen molar-refractivity contribution in [3.63, 3.8) is 0 Å². The molecule has 1 aliphatic carbocycles. The Kier molecular flexibility index (Phi) is 3.37. The second-order valence-corrected chi connectivity index (χ2v) is 6.72. The highest BCUT2D eigenvalue weighted by Crippen LogP contribution is 2.47. The summed E-state index contributed by atoms with van der Waals surface area (Å²) in [5, 5.41) is 7.31. The third-order valence-corrected chi connectivity index (χ3v) is 5.19. The number of rotatable bonds is 1. The number of piperidine rings is 1. The lowest BCUT2D eigenvalue weighted by Gasteiger charge is -2.52. The molecule has 0 spiro atoms. The molecule has 2 heterocycles. The Morgan fingerprint density at radius 2 is 2.10 bits per heavy atom. The van der Waals surface area contributed by atoms with Crippen LogP contribution in [0.2, 0.25) is 0 Å². The normalized spacial score (nSPS) is 37.4. The lowest BCUT2D eigenvalue weighted by atomic mass is 9.61. The molecule has 0 saturated carbocycles. The van der Waals surface area contributed by atoms with Crippen LogP contribution in [0.25, 0.3) is 0 Å². The van der Waals surface area contributed by atoms with Crippen LogP contribution in [-0.2, 0) is 0 Å². The number of hydrogen-bond donors (Lipinski definition) is 2. The van der Waals surface area contributed by atoms with E-state index >= 15 is 0 Å². The molecule has 0 amide bonds. The first-order valence-electron chi connectivity index (χ1n) is 7.80. The van der Waals surface area contributed by atoms with Gasteiger partial charge >= 0.3 is 0 Å². The first kappa shape index (κ1) is 13.7. The van der Waals surface area contributed by atoms with Gasteiger partial charge in [0, 0.05) is 11.4 Å². The molecule has 0 aromatic carbocycles. The largest absolute Gasteiger partial charge is 0.359 e. The predicted octanol–water partition coefficient (Wildman–Crippen LogP) is 3.66. The number of dihydropyridines is 1. The van der Waals surface area contributed by atoms with Gasteiger partial charge in [-0.05, 0) is 63.1 Å². The van der Waals surface area contributed by atoms with Crippen LogP contribution in [0.15, 0.2) is 47.3 Å². The van der Waals surface area contributed by atoms with Gasteiger partial charge in [-0.3, -0.25) is 0 Å². The molecule has 2 N–H and O–H groups in total. The van der Waals surface area contributed by atoms with Crippen LogP contribution in [0.5, 0.6) is 0 Å². The molecule has 2 nitrogen and oxygen atoms in total. The van der Waals surface area contributed by atoms with Gasteiger partial charge in [-0.2, -0.15) is 0 Å². The highest BCUT2D eigenvalue weighted by molar-refractivity contribution is 5.46. The quantitative estimate of drug-likeness (QED) is 0.711. The number of nitrogens with one attached hydrogen (secondary N) is 2. The number of fused-ring (bicyclic) bond motifs is 1. The van der Waals surface area contributed by atoms with Gasteiger partial charge in [-0.15, -0.1) is 0 Å². The van der Waals surface area contributed by atoms with Gasteiger partial charge in [-0.1, -0.05) is 31.2 Å². The zero-order chi connectivity index (χ0) is 14.3.